The second kappa shape index (κ2) is 7.92. The Bertz CT molecular complexity index is 787. The standard InChI is InChI=1S/C19H22N4O2/c1-23(18(13-24)14-5-7-17(25-2)8-6-14)12-16-11-21-22-19(16)15-4-3-9-20-10-15/h3-11,18,24H,12-13H2,1-2H3,(H,21,22). The first-order chi connectivity index (χ1) is 12.2. The van der Waals surface area contributed by atoms with E-state index in [1.54, 1.807) is 13.3 Å². The van der Waals surface area contributed by atoms with Gasteiger partial charge in [0.1, 0.15) is 5.75 Å². The number of ether oxygens (including phenoxy) is 1. The summed E-state index contributed by atoms with van der Waals surface area (Å²) >= 11 is 0. The maximum Gasteiger partial charge on any atom is 0.118 e. The first-order valence-electron chi connectivity index (χ1n) is 8.10. The molecule has 2 aromatic heterocycles. The normalized spacial score (nSPS) is 12.3. The summed E-state index contributed by atoms with van der Waals surface area (Å²) in [6.07, 6.45) is 5.38. The van der Waals surface area contributed by atoms with E-state index in [-0.39, 0.29) is 12.6 Å². The van der Waals surface area contributed by atoms with E-state index in [1.807, 2.05) is 55.8 Å². The lowest BCUT2D eigenvalue weighted by atomic mass is 10.0. The minimum atomic E-state index is -0.109. The van der Waals surface area contributed by atoms with Crippen LogP contribution in [-0.2, 0) is 6.54 Å². The Hall–Kier alpha value is -2.70. The van der Waals surface area contributed by atoms with Crippen molar-refractivity contribution in [1.29, 1.82) is 0 Å². The van der Waals surface area contributed by atoms with E-state index in [1.165, 1.54) is 0 Å². The number of benzene rings is 1. The number of rotatable bonds is 7. The monoisotopic (exact) mass is 338 g/mol. The molecule has 0 amide bonds. The summed E-state index contributed by atoms with van der Waals surface area (Å²) in [5.74, 6) is 0.803. The molecule has 0 radical (unpaired) electrons. The SMILES string of the molecule is COc1ccc(C(CO)N(C)Cc2cn[nH]c2-c2cccnc2)cc1. The van der Waals surface area contributed by atoms with E-state index in [0.717, 1.165) is 28.1 Å². The molecule has 3 rings (SSSR count). The van der Waals surface area contributed by atoms with E-state index < -0.39 is 0 Å². The van der Waals surface area contributed by atoms with Gasteiger partial charge < -0.3 is 9.84 Å². The third-order valence-electron chi connectivity index (χ3n) is 4.29. The summed E-state index contributed by atoms with van der Waals surface area (Å²) in [4.78, 5) is 6.27. The van der Waals surface area contributed by atoms with Crippen LogP contribution in [0, 0.1) is 0 Å². The summed E-state index contributed by atoms with van der Waals surface area (Å²) < 4.78 is 5.20. The van der Waals surface area contributed by atoms with E-state index in [0.29, 0.717) is 6.54 Å². The molecule has 1 aromatic carbocycles. The van der Waals surface area contributed by atoms with Gasteiger partial charge in [0.15, 0.2) is 0 Å². The fraction of sp³-hybridized carbons (Fsp3) is 0.263. The van der Waals surface area contributed by atoms with Crippen LogP contribution in [0.25, 0.3) is 11.3 Å². The Morgan fingerprint density at radius 3 is 2.64 bits per heavy atom. The van der Waals surface area contributed by atoms with Crippen LogP contribution in [0.3, 0.4) is 0 Å². The average Bonchev–Trinajstić information content (AvgIpc) is 3.11. The molecule has 25 heavy (non-hydrogen) atoms. The summed E-state index contributed by atoms with van der Waals surface area (Å²) in [6.45, 7) is 0.681. The highest BCUT2D eigenvalue weighted by Crippen LogP contribution is 2.26. The lowest BCUT2D eigenvalue weighted by Gasteiger charge is -2.27. The van der Waals surface area contributed by atoms with Crippen LogP contribution in [0.5, 0.6) is 5.75 Å². The van der Waals surface area contributed by atoms with Crippen molar-refractivity contribution in [2.75, 3.05) is 20.8 Å². The summed E-state index contributed by atoms with van der Waals surface area (Å²) in [5, 5.41) is 17.1. The predicted octanol–water partition coefficient (Wildman–Crippen LogP) is 2.65. The number of pyridine rings is 1. The smallest absolute Gasteiger partial charge is 0.118 e. The first-order valence-corrected chi connectivity index (χ1v) is 8.10. The Kier molecular flexibility index (Phi) is 5.42. The number of H-pyrrole nitrogens is 1. The van der Waals surface area contributed by atoms with Crippen molar-refractivity contribution in [3.05, 3.63) is 66.1 Å². The van der Waals surface area contributed by atoms with Gasteiger partial charge in [-0.1, -0.05) is 12.1 Å². The molecule has 1 atom stereocenters. The van der Waals surface area contributed by atoms with Crippen molar-refractivity contribution in [3.63, 3.8) is 0 Å². The minimum Gasteiger partial charge on any atom is -0.497 e. The van der Waals surface area contributed by atoms with Gasteiger partial charge in [0.25, 0.3) is 0 Å². The van der Waals surface area contributed by atoms with Crippen LogP contribution in [0.4, 0.5) is 0 Å². The summed E-state index contributed by atoms with van der Waals surface area (Å²) in [5.41, 5.74) is 4.04. The quantitative estimate of drug-likeness (QED) is 0.693. The number of aromatic amines is 1. The van der Waals surface area contributed by atoms with Crippen molar-refractivity contribution < 1.29 is 9.84 Å². The minimum absolute atomic E-state index is 0.0307. The van der Waals surface area contributed by atoms with Gasteiger partial charge in [0.2, 0.25) is 0 Å². The molecule has 3 aromatic rings. The number of aromatic nitrogens is 3. The molecule has 0 aliphatic heterocycles. The number of likely N-dealkylation sites (N-methyl/N-ethyl adjacent to an activating group) is 1. The van der Waals surface area contributed by atoms with Gasteiger partial charge in [-0.15, -0.1) is 0 Å². The highest BCUT2D eigenvalue weighted by atomic mass is 16.5. The van der Waals surface area contributed by atoms with Gasteiger partial charge >= 0.3 is 0 Å². The molecular weight excluding hydrogens is 316 g/mol. The zero-order chi connectivity index (χ0) is 17.6. The maximum atomic E-state index is 9.88. The fourth-order valence-electron chi connectivity index (χ4n) is 2.90. The molecule has 130 valence electrons. The molecule has 0 spiro atoms. The number of methoxy groups -OCH3 is 1. The van der Waals surface area contributed by atoms with Crippen LogP contribution in [0.1, 0.15) is 17.2 Å². The Morgan fingerprint density at radius 2 is 2.00 bits per heavy atom. The molecule has 0 bridgehead atoms. The van der Waals surface area contributed by atoms with Gasteiger partial charge in [-0.2, -0.15) is 5.10 Å². The highest BCUT2D eigenvalue weighted by Gasteiger charge is 2.19. The number of hydrogen-bond donors (Lipinski definition) is 2. The number of nitrogens with one attached hydrogen (secondary N) is 1. The third kappa shape index (κ3) is 3.87. The van der Waals surface area contributed by atoms with Crippen molar-refractivity contribution in [3.8, 4) is 17.0 Å². The number of nitrogens with zero attached hydrogens (tertiary/aromatic N) is 3. The van der Waals surface area contributed by atoms with Gasteiger partial charge in [-0.25, -0.2) is 0 Å². The molecule has 6 nitrogen and oxygen atoms in total. The molecule has 6 heteroatoms. The second-order valence-electron chi connectivity index (χ2n) is 5.90. The van der Waals surface area contributed by atoms with E-state index >= 15 is 0 Å². The fourth-order valence-corrected chi connectivity index (χ4v) is 2.90. The van der Waals surface area contributed by atoms with Gasteiger partial charge in [0, 0.05) is 30.1 Å². The van der Waals surface area contributed by atoms with E-state index in [9.17, 15) is 5.11 Å². The molecule has 2 heterocycles. The van der Waals surface area contributed by atoms with E-state index in [2.05, 4.69) is 20.1 Å². The van der Waals surface area contributed by atoms with Gasteiger partial charge in [0.05, 0.1) is 31.6 Å². The lowest BCUT2D eigenvalue weighted by Crippen LogP contribution is -2.27. The molecule has 1 unspecified atom stereocenters. The molecule has 2 N–H and O–H groups in total. The molecule has 0 aliphatic carbocycles. The van der Waals surface area contributed by atoms with Crippen molar-refractivity contribution >= 4 is 0 Å². The zero-order valence-electron chi connectivity index (χ0n) is 14.4. The van der Waals surface area contributed by atoms with Gasteiger partial charge in [-0.3, -0.25) is 15.0 Å². The van der Waals surface area contributed by atoms with Crippen molar-refractivity contribution in [1.82, 2.24) is 20.1 Å². The number of aliphatic hydroxyl groups is 1. The lowest BCUT2D eigenvalue weighted by molar-refractivity contribution is 0.142. The van der Waals surface area contributed by atoms with Crippen molar-refractivity contribution in [2.45, 2.75) is 12.6 Å². The largest absolute Gasteiger partial charge is 0.497 e. The number of aliphatic hydroxyl groups excluding tert-OH is 1. The first kappa shape index (κ1) is 17.1. The van der Waals surface area contributed by atoms with Crippen molar-refractivity contribution in [2.24, 2.45) is 0 Å². The Balaban J connectivity index is 1.79. The van der Waals surface area contributed by atoms with Crippen LogP contribution < -0.4 is 4.74 Å². The molecule has 0 fully saturated rings. The number of hydrogen-bond acceptors (Lipinski definition) is 5. The summed E-state index contributed by atoms with van der Waals surface area (Å²) in [7, 11) is 3.63. The van der Waals surface area contributed by atoms with Crippen LogP contribution in [0.15, 0.2) is 55.0 Å². The Labute approximate surface area is 147 Å². The molecule has 0 aliphatic rings. The molecule has 0 saturated carbocycles. The van der Waals surface area contributed by atoms with E-state index in [4.69, 9.17) is 4.74 Å². The predicted molar refractivity (Wildman–Crippen MR) is 96.1 cm³/mol. The molecule has 0 saturated heterocycles. The van der Waals surface area contributed by atoms with Crippen LogP contribution in [-0.4, -0.2) is 46.0 Å². The molecular formula is C19H22N4O2. The zero-order valence-corrected chi connectivity index (χ0v) is 14.4. The third-order valence-corrected chi connectivity index (χ3v) is 4.29. The highest BCUT2D eigenvalue weighted by molar-refractivity contribution is 5.61. The van der Waals surface area contributed by atoms with Gasteiger partial charge in [-0.05, 0) is 36.9 Å². The average molecular weight is 338 g/mol. The topological polar surface area (TPSA) is 74.3 Å². The van der Waals surface area contributed by atoms with Crippen LogP contribution >= 0.6 is 0 Å². The van der Waals surface area contributed by atoms with Crippen LogP contribution in [0.2, 0.25) is 0 Å². The summed E-state index contributed by atoms with van der Waals surface area (Å²) in [6, 6.07) is 11.6. The maximum absolute atomic E-state index is 9.88. The second-order valence-corrected chi connectivity index (χ2v) is 5.90. The Morgan fingerprint density at radius 1 is 1.20 bits per heavy atom.